The Balaban J connectivity index is 1.98. The van der Waals surface area contributed by atoms with Crippen LogP contribution in [0.4, 0.5) is 4.79 Å². The van der Waals surface area contributed by atoms with Crippen molar-refractivity contribution < 1.29 is 19.4 Å². The summed E-state index contributed by atoms with van der Waals surface area (Å²) in [5.74, 6) is -1.23. The fourth-order valence-electron chi connectivity index (χ4n) is 2.81. The number of amides is 2. The molecule has 2 aliphatic heterocycles. The fourth-order valence-corrected chi connectivity index (χ4v) is 2.81. The van der Waals surface area contributed by atoms with E-state index in [1.807, 2.05) is 13.8 Å². The molecule has 6 nitrogen and oxygen atoms in total. The number of likely N-dealkylation sites (tertiary alicyclic amines) is 1. The Morgan fingerprint density at radius 3 is 2.53 bits per heavy atom. The predicted molar refractivity (Wildman–Crippen MR) is 68.9 cm³/mol. The van der Waals surface area contributed by atoms with Gasteiger partial charge in [0.2, 0.25) is 0 Å². The molecule has 19 heavy (non-hydrogen) atoms. The molecule has 3 atom stereocenters. The van der Waals surface area contributed by atoms with Crippen LogP contribution < -0.4 is 0 Å². The van der Waals surface area contributed by atoms with Gasteiger partial charge in [0.1, 0.15) is 0 Å². The quantitative estimate of drug-likeness (QED) is 0.767. The summed E-state index contributed by atoms with van der Waals surface area (Å²) < 4.78 is 5.52. The monoisotopic (exact) mass is 270 g/mol. The van der Waals surface area contributed by atoms with Crippen molar-refractivity contribution in [1.82, 2.24) is 9.80 Å². The summed E-state index contributed by atoms with van der Waals surface area (Å²) in [6, 6.07) is -0.0482. The SMILES string of the molecule is CC1CN(C(=O)N2CC(C)C(C(=O)O)C2)CCCO1. The summed E-state index contributed by atoms with van der Waals surface area (Å²) >= 11 is 0. The lowest BCUT2D eigenvalue weighted by molar-refractivity contribution is -0.142. The first-order chi connectivity index (χ1) is 8.99. The van der Waals surface area contributed by atoms with Crippen molar-refractivity contribution in [3.8, 4) is 0 Å². The summed E-state index contributed by atoms with van der Waals surface area (Å²) in [7, 11) is 0. The van der Waals surface area contributed by atoms with E-state index in [-0.39, 0.29) is 18.1 Å². The summed E-state index contributed by atoms with van der Waals surface area (Å²) in [5.41, 5.74) is 0. The predicted octanol–water partition coefficient (Wildman–Crippen LogP) is 0.870. The Hall–Kier alpha value is -1.30. The van der Waals surface area contributed by atoms with Crippen molar-refractivity contribution in [2.45, 2.75) is 26.4 Å². The van der Waals surface area contributed by atoms with Gasteiger partial charge in [0.25, 0.3) is 0 Å². The molecule has 3 unspecified atom stereocenters. The first kappa shape index (κ1) is 14.1. The second kappa shape index (κ2) is 5.77. The zero-order valence-electron chi connectivity index (χ0n) is 11.5. The lowest BCUT2D eigenvalue weighted by atomic mass is 9.99. The summed E-state index contributed by atoms with van der Waals surface area (Å²) in [4.78, 5) is 27.0. The van der Waals surface area contributed by atoms with Crippen LogP contribution in [0.5, 0.6) is 0 Å². The van der Waals surface area contributed by atoms with Crippen LogP contribution in [0, 0.1) is 11.8 Å². The number of hydrogen-bond donors (Lipinski definition) is 1. The average Bonchev–Trinajstić information content (AvgIpc) is 2.60. The number of carboxylic acids is 1. The second-order valence-electron chi connectivity index (χ2n) is 5.59. The van der Waals surface area contributed by atoms with Crippen LogP contribution in [0.3, 0.4) is 0 Å². The smallest absolute Gasteiger partial charge is 0.320 e. The molecule has 0 aromatic carbocycles. The molecule has 2 saturated heterocycles. The molecule has 108 valence electrons. The van der Waals surface area contributed by atoms with Gasteiger partial charge in [-0.3, -0.25) is 4.79 Å². The number of nitrogens with zero attached hydrogens (tertiary/aromatic N) is 2. The third-order valence-electron chi connectivity index (χ3n) is 3.92. The van der Waals surface area contributed by atoms with Gasteiger partial charge in [-0.15, -0.1) is 0 Å². The highest BCUT2D eigenvalue weighted by Gasteiger charge is 2.38. The first-order valence-corrected chi connectivity index (χ1v) is 6.87. The van der Waals surface area contributed by atoms with Crippen molar-refractivity contribution in [1.29, 1.82) is 0 Å². The van der Waals surface area contributed by atoms with Crippen LogP contribution in [-0.2, 0) is 9.53 Å². The Kier molecular flexibility index (Phi) is 4.29. The van der Waals surface area contributed by atoms with Crippen LogP contribution in [0.25, 0.3) is 0 Å². The molecule has 0 spiro atoms. The standard InChI is InChI=1S/C13H22N2O4/c1-9-6-15(8-11(9)12(16)17)13(18)14-4-3-5-19-10(2)7-14/h9-11H,3-8H2,1-2H3,(H,16,17). The van der Waals surface area contributed by atoms with E-state index in [0.29, 0.717) is 32.8 Å². The molecule has 1 N–H and O–H groups in total. The van der Waals surface area contributed by atoms with Crippen molar-refractivity contribution in [2.24, 2.45) is 11.8 Å². The molecule has 2 fully saturated rings. The van der Waals surface area contributed by atoms with Gasteiger partial charge in [0.15, 0.2) is 0 Å². The Labute approximate surface area is 113 Å². The van der Waals surface area contributed by atoms with Crippen molar-refractivity contribution in [2.75, 3.05) is 32.8 Å². The third kappa shape index (κ3) is 3.18. The lowest BCUT2D eigenvalue weighted by Gasteiger charge is -2.27. The molecule has 2 amide bonds. The largest absolute Gasteiger partial charge is 0.481 e. The van der Waals surface area contributed by atoms with E-state index < -0.39 is 11.9 Å². The zero-order valence-corrected chi connectivity index (χ0v) is 11.5. The highest BCUT2D eigenvalue weighted by molar-refractivity contribution is 5.77. The van der Waals surface area contributed by atoms with Crippen LogP contribution in [0.15, 0.2) is 0 Å². The maximum Gasteiger partial charge on any atom is 0.320 e. The van der Waals surface area contributed by atoms with Gasteiger partial charge in [0, 0.05) is 32.8 Å². The van der Waals surface area contributed by atoms with Crippen LogP contribution in [-0.4, -0.2) is 65.8 Å². The summed E-state index contributed by atoms with van der Waals surface area (Å²) in [6.07, 6.45) is 0.878. The normalized spacial score (nSPS) is 32.2. The Morgan fingerprint density at radius 1 is 1.16 bits per heavy atom. The van der Waals surface area contributed by atoms with Crippen molar-refractivity contribution in [3.63, 3.8) is 0 Å². The minimum atomic E-state index is -0.810. The van der Waals surface area contributed by atoms with Gasteiger partial charge in [-0.1, -0.05) is 6.92 Å². The number of carbonyl (C=O) groups is 2. The number of ether oxygens (including phenoxy) is 1. The Bertz CT molecular complexity index is 361. The molecule has 2 aliphatic rings. The van der Waals surface area contributed by atoms with E-state index >= 15 is 0 Å². The highest BCUT2D eigenvalue weighted by atomic mass is 16.5. The van der Waals surface area contributed by atoms with Crippen LogP contribution >= 0.6 is 0 Å². The van der Waals surface area contributed by atoms with Crippen LogP contribution in [0.2, 0.25) is 0 Å². The summed E-state index contributed by atoms with van der Waals surface area (Å²) in [5, 5.41) is 9.11. The molecule has 0 bridgehead atoms. The third-order valence-corrected chi connectivity index (χ3v) is 3.92. The molecular formula is C13H22N2O4. The molecule has 2 rings (SSSR count). The number of urea groups is 1. The summed E-state index contributed by atoms with van der Waals surface area (Å²) in [6.45, 7) is 6.65. The first-order valence-electron chi connectivity index (χ1n) is 6.87. The minimum absolute atomic E-state index is 0.0158. The molecule has 0 aliphatic carbocycles. The number of hydrogen-bond acceptors (Lipinski definition) is 3. The lowest BCUT2D eigenvalue weighted by Crippen LogP contribution is -2.44. The van der Waals surface area contributed by atoms with E-state index in [1.165, 1.54) is 0 Å². The number of aliphatic carboxylic acids is 1. The average molecular weight is 270 g/mol. The van der Waals surface area contributed by atoms with E-state index in [1.54, 1.807) is 9.80 Å². The molecule has 2 heterocycles. The number of carboxylic acid groups (broad SMARTS) is 1. The maximum absolute atomic E-state index is 12.4. The molecule has 0 saturated carbocycles. The second-order valence-corrected chi connectivity index (χ2v) is 5.59. The molecule has 0 aromatic rings. The van der Waals surface area contributed by atoms with Gasteiger partial charge in [0.05, 0.1) is 12.0 Å². The maximum atomic E-state index is 12.4. The van der Waals surface area contributed by atoms with Gasteiger partial charge in [-0.05, 0) is 19.3 Å². The van der Waals surface area contributed by atoms with E-state index in [4.69, 9.17) is 9.84 Å². The van der Waals surface area contributed by atoms with Crippen molar-refractivity contribution >= 4 is 12.0 Å². The molecular weight excluding hydrogens is 248 g/mol. The molecule has 0 radical (unpaired) electrons. The van der Waals surface area contributed by atoms with Crippen molar-refractivity contribution in [3.05, 3.63) is 0 Å². The van der Waals surface area contributed by atoms with Gasteiger partial charge in [-0.25, -0.2) is 4.79 Å². The molecule has 6 heteroatoms. The van der Waals surface area contributed by atoms with Gasteiger partial charge >= 0.3 is 12.0 Å². The Morgan fingerprint density at radius 2 is 1.89 bits per heavy atom. The van der Waals surface area contributed by atoms with Gasteiger partial charge in [-0.2, -0.15) is 0 Å². The van der Waals surface area contributed by atoms with Gasteiger partial charge < -0.3 is 19.6 Å². The van der Waals surface area contributed by atoms with E-state index in [9.17, 15) is 9.59 Å². The number of carbonyl (C=O) groups excluding carboxylic acids is 1. The fraction of sp³-hybridized carbons (Fsp3) is 0.846. The van der Waals surface area contributed by atoms with E-state index in [0.717, 1.165) is 6.42 Å². The molecule has 0 aromatic heterocycles. The number of rotatable bonds is 1. The minimum Gasteiger partial charge on any atom is -0.481 e. The van der Waals surface area contributed by atoms with E-state index in [2.05, 4.69) is 0 Å². The highest BCUT2D eigenvalue weighted by Crippen LogP contribution is 2.24. The van der Waals surface area contributed by atoms with Crippen LogP contribution in [0.1, 0.15) is 20.3 Å². The zero-order chi connectivity index (χ0) is 14.0. The topological polar surface area (TPSA) is 70.1 Å².